The van der Waals surface area contributed by atoms with Crippen molar-refractivity contribution in [3.8, 4) is 5.88 Å². The van der Waals surface area contributed by atoms with Crippen LogP contribution < -0.4 is 5.32 Å². The largest absolute Gasteiger partial charge is 0.493 e. The van der Waals surface area contributed by atoms with Crippen LogP contribution in [-0.4, -0.2) is 22.3 Å². The van der Waals surface area contributed by atoms with Gasteiger partial charge in [-0.3, -0.25) is 0 Å². The zero-order chi connectivity index (χ0) is 12.4. The number of nitrogens with zero attached hydrogens (tertiary/aromatic N) is 2. The molecular weight excluding hydrogens is 236 g/mol. The van der Waals surface area contributed by atoms with E-state index in [-0.39, 0.29) is 11.0 Å². The number of rotatable bonds is 1. The molecule has 0 aliphatic carbocycles. The van der Waals surface area contributed by atoms with Crippen LogP contribution in [0.5, 0.6) is 5.88 Å². The van der Waals surface area contributed by atoms with Crippen molar-refractivity contribution in [2.45, 2.75) is 6.92 Å². The molecule has 0 fully saturated rings. The SMILES string of the molecule is CNC(=S)N=Nc1c(O)[nH]c2ccc(C)cc12. The number of H-pyrrole nitrogens is 1. The summed E-state index contributed by atoms with van der Waals surface area (Å²) in [5.41, 5.74) is 2.31. The Morgan fingerprint density at radius 1 is 1.47 bits per heavy atom. The number of hydrogen-bond donors (Lipinski definition) is 3. The van der Waals surface area contributed by atoms with Crippen LogP contribution in [0.3, 0.4) is 0 Å². The number of azo groups is 1. The highest BCUT2D eigenvalue weighted by Crippen LogP contribution is 2.35. The molecule has 0 radical (unpaired) electrons. The molecule has 2 rings (SSSR count). The van der Waals surface area contributed by atoms with Gasteiger partial charge in [0, 0.05) is 12.4 Å². The number of benzene rings is 1. The van der Waals surface area contributed by atoms with Crippen molar-refractivity contribution in [2.75, 3.05) is 7.05 Å². The molecule has 2 aromatic rings. The number of nitrogens with one attached hydrogen (secondary N) is 2. The average molecular weight is 248 g/mol. The third-order valence-electron chi connectivity index (χ3n) is 2.36. The van der Waals surface area contributed by atoms with Crippen LogP contribution in [0.25, 0.3) is 10.9 Å². The Balaban J connectivity index is 2.52. The fourth-order valence-electron chi connectivity index (χ4n) is 1.52. The number of aromatic amines is 1. The Bertz CT molecular complexity index is 603. The molecule has 0 aliphatic heterocycles. The van der Waals surface area contributed by atoms with Crippen molar-refractivity contribution in [3.63, 3.8) is 0 Å². The molecule has 3 N–H and O–H groups in total. The molecule has 1 heterocycles. The van der Waals surface area contributed by atoms with Crippen molar-refractivity contribution in [3.05, 3.63) is 23.8 Å². The van der Waals surface area contributed by atoms with Gasteiger partial charge in [-0.2, -0.15) is 0 Å². The van der Waals surface area contributed by atoms with Gasteiger partial charge in [0.05, 0.1) is 5.52 Å². The van der Waals surface area contributed by atoms with E-state index in [4.69, 9.17) is 12.2 Å². The van der Waals surface area contributed by atoms with E-state index in [0.29, 0.717) is 5.69 Å². The minimum atomic E-state index is -0.00625. The zero-order valence-electron chi connectivity index (χ0n) is 9.48. The number of thiocarbonyl (C=S) groups is 1. The van der Waals surface area contributed by atoms with Crippen LogP contribution in [-0.2, 0) is 0 Å². The monoisotopic (exact) mass is 248 g/mol. The van der Waals surface area contributed by atoms with Gasteiger partial charge in [-0.25, -0.2) is 0 Å². The fraction of sp³-hybridized carbons (Fsp3) is 0.182. The van der Waals surface area contributed by atoms with Crippen LogP contribution in [0.4, 0.5) is 5.69 Å². The lowest BCUT2D eigenvalue weighted by atomic mass is 10.2. The first-order chi connectivity index (χ1) is 8.11. The summed E-state index contributed by atoms with van der Waals surface area (Å²) < 4.78 is 0. The number of fused-ring (bicyclic) bond motifs is 1. The van der Waals surface area contributed by atoms with E-state index in [0.717, 1.165) is 16.5 Å². The smallest absolute Gasteiger partial charge is 0.218 e. The Hall–Kier alpha value is -1.95. The first-order valence-corrected chi connectivity index (χ1v) is 5.47. The van der Waals surface area contributed by atoms with Crippen LogP contribution in [0.15, 0.2) is 28.4 Å². The van der Waals surface area contributed by atoms with E-state index < -0.39 is 0 Å². The second-order valence-electron chi connectivity index (χ2n) is 3.63. The molecule has 88 valence electrons. The summed E-state index contributed by atoms with van der Waals surface area (Å²) in [6.07, 6.45) is 0. The normalized spacial score (nSPS) is 11.2. The molecule has 0 saturated heterocycles. The maximum absolute atomic E-state index is 9.74. The summed E-state index contributed by atoms with van der Waals surface area (Å²) in [7, 11) is 1.67. The molecule has 5 nitrogen and oxygen atoms in total. The highest BCUT2D eigenvalue weighted by atomic mass is 32.1. The number of aryl methyl sites for hydroxylation is 1. The molecule has 1 aromatic heterocycles. The van der Waals surface area contributed by atoms with Crippen molar-refractivity contribution < 1.29 is 5.11 Å². The minimum absolute atomic E-state index is 0.00625. The van der Waals surface area contributed by atoms with Gasteiger partial charge < -0.3 is 15.4 Å². The molecule has 0 unspecified atom stereocenters. The Labute approximate surface area is 104 Å². The Morgan fingerprint density at radius 2 is 2.24 bits per heavy atom. The third-order valence-corrected chi connectivity index (χ3v) is 2.65. The van der Waals surface area contributed by atoms with Gasteiger partial charge in [0.2, 0.25) is 11.0 Å². The first-order valence-electron chi connectivity index (χ1n) is 5.06. The standard InChI is InChI=1S/C11H12N4OS/c1-6-3-4-8-7(5-6)9(10(16)13-8)14-15-11(17)12-2/h3-5,13,16H,1-2H3,(H,12,17). The van der Waals surface area contributed by atoms with Crippen LogP contribution >= 0.6 is 12.2 Å². The van der Waals surface area contributed by atoms with Gasteiger partial charge in [0.15, 0.2) is 5.69 Å². The lowest BCUT2D eigenvalue weighted by molar-refractivity contribution is 0.459. The quantitative estimate of drug-likeness (QED) is 0.536. The molecular formula is C11H12N4OS. The summed E-state index contributed by atoms with van der Waals surface area (Å²) in [6.45, 7) is 1.97. The predicted molar refractivity (Wildman–Crippen MR) is 70.9 cm³/mol. The van der Waals surface area contributed by atoms with Gasteiger partial charge in [0.1, 0.15) is 0 Å². The third kappa shape index (κ3) is 2.26. The summed E-state index contributed by atoms with van der Waals surface area (Å²) >= 11 is 4.86. The van der Waals surface area contributed by atoms with Gasteiger partial charge in [-0.05, 0) is 31.3 Å². The molecule has 0 aliphatic rings. The van der Waals surface area contributed by atoms with E-state index in [1.807, 2.05) is 25.1 Å². The van der Waals surface area contributed by atoms with E-state index in [2.05, 4.69) is 20.5 Å². The number of aromatic nitrogens is 1. The lowest BCUT2D eigenvalue weighted by Gasteiger charge is -1.94. The summed E-state index contributed by atoms with van der Waals surface area (Å²) in [4.78, 5) is 2.83. The molecule has 0 atom stereocenters. The summed E-state index contributed by atoms with van der Waals surface area (Å²) in [6, 6.07) is 5.78. The molecule has 1 aromatic carbocycles. The second-order valence-corrected chi connectivity index (χ2v) is 4.01. The van der Waals surface area contributed by atoms with Crippen molar-refractivity contribution in [2.24, 2.45) is 10.2 Å². The highest BCUT2D eigenvalue weighted by molar-refractivity contribution is 7.80. The zero-order valence-corrected chi connectivity index (χ0v) is 10.3. The van der Waals surface area contributed by atoms with Crippen molar-refractivity contribution >= 4 is 33.9 Å². The molecule has 0 spiro atoms. The topological polar surface area (TPSA) is 72.8 Å². The van der Waals surface area contributed by atoms with Gasteiger partial charge in [-0.1, -0.05) is 11.6 Å². The maximum atomic E-state index is 9.74. The molecule has 6 heteroatoms. The molecule has 0 saturated carbocycles. The van der Waals surface area contributed by atoms with E-state index in [1.54, 1.807) is 7.05 Å². The maximum Gasteiger partial charge on any atom is 0.218 e. The van der Waals surface area contributed by atoms with Crippen LogP contribution in [0, 0.1) is 6.92 Å². The van der Waals surface area contributed by atoms with Crippen molar-refractivity contribution in [1.29, 1.82) is 0 Å². The predicted octanol–water partition coefficient (Wildman–Crippen LogP) is 2.77. The van der Waals surface area contributed by atoms with E-state index in [1.165, 1.54) is 0 Å². The number of hydrogen-bond acceptors (Lipinski definition) is 3. The van der Waals surface area contributed by atoms with Gasteiger partial charge in [0.25, 0.3) is 0 Å². The van der Waals surface area contributed by atoms with Crippen LogP contribution in [0.1, 0.15) is 5.56 Å². The van der Waals surface area contributed by atoms with Crippen LogP contribution in [0.2, 0.25) is 0 Å². The molecule has 0 bridgehead atoms. The Morgan fingerprint density at radius 3 is 2.94 bits per heavy atom. The van der Waals surface area contributed by atoms with E-state index >= 15 is 0 Å². The second kappa shape index (κ2) is 4.50. The van der Waals surface area contributed by atoms with Crippen molar-refractivity contribution in [1.82, 2.24) is 10.3 Å². The minimum Gasteiger partial charge on any atom is -0.493 e. The van der Waals surface area contributed by atoms with E-state index in [9.17, 15) is 5.11 Å². The lowest BCUT2D eigenvalue weighted by Crippen LogP contribution is -2.11. The van der Waals surface area contributed by atoms with Gasteiger partial charge in [-0.15, -0.1) is 10.2 Å². The summed E-state index contributed by atoms with van der Waals surface area (Å²) in [5, 5.41) is 21.3. The molecule has 17 heavy (non-hydrogen) atoms. The fourth-order valence-corrected chi connectivity index (χ4v) is 1.56. The highest BCUT2D eigenvalue weighted by Gasteiger charge is 2.10. The molecule has 0 amide bonds. The number of aromatic hydroxyl groups is 1. The Kier molecular flexibility index (Phi) is 3.06. The van der Waals surface area contributed by atoms with Gasteiger partial charge >= 0.3 is 0 Å². The average Bonchev–Trinajstić information content (AvgIpc) is 2.61. The summed E-state index contributed by atoms with van der Waals surface area (Å²) in [5.74, 6) is -0.00625. The first kappa shape index (κ1) is 11.5.